The van der Waals surface area contributed by atoms with E-state index >= 15 is 0 Å². The molecule has 0 spiro atoms. The van der Waals surface area contributed by atoms with Crippen molar-refractivity contribution in [2.75, 3.05) is 31.2 Å². The van der Waals surface area contributed by atoms with Gasteiger partial charge < -0.3 is 0 Å². The summed E-state index contributed by atoms with van der Waals surface area (Å²) in [5, 5.41) is 0. The molecule has 0 atom stereocenters. The van der Waals surface area contributed by atoms with Crippen LogP contribution in [0.2, 0.25) is 14.8 Å². The van der Waals surface area contributed by atoms with E-state index in [4.69, 9.17) is 19.7 Å². The zero-order valence-electron chi connectivity index (χ0n) is 15.7. The van der Waals surface area contributed by atoms with Gasteiger partial charge >= 0.3 is 157 Å². The average Bonchev–Trinajstić information content (AvgIpc) is 2.99. The second-order valence-corrected chi connectivity index (χ2v) is 21.7. The van der Waals surface area contributed by atoms with Crippen LogP contribution in [-0.4, -0.2) is 69.2 Å². The van der Waals surface area contributed by atoms with Gasteiger partial charge in [-0.1, -0.05) is 0 Å². The van der Waals surface area contributed by atoms with Crippen molar-refractivity contribution in [3.8, 4) is 11.4 Å². The number of rotatable bonds is 3. The summed E-state index contributed by atoms with van der Waals surface area (Å²) in [6.45, 7) is 3.13. The summed E-state index contributed by atoms with van der Waals surface area (Å²) in [6.07, 6.45) is 3.58. The number of anilines is 1. The molecule has 3 aromatic rings. The third-order valence-electron chi connectivity index (χ3n) is 4.62. The van der Waals surface area contributed by atoms with Crippen LogP contribution in [0, 0.1) is 0 Å². The first-order chi connectivity index (χ1) is 12.4. The number of nitrogens with zero attached hydrogens (tertiary/aromatic N) is 6. The Balaban J connectivity index is 1.95. The van der Waals surface area contributed by atoms with E-state index in [1.165, 1.54) is 0 Å². The van der Waals surface area contributed by atoms with Gasteiger partial charge in [-0.25, -0.2) is 0 Å². The predicted molar refractivity (Wildman–Crippen MR) is 106 cm³/mol. The summed E-state index contributed by atoms with van der Waals surface area (Å²) < 4.78 is 8.64. The van der Waals surface area contributed by atoms with Gasteiger partial charge in [0.2, 0.25) is 0 Å². The Labute approximate surface area is 157 Å². The van der Waals surface area contributed by atoms with Crippen LogP contribution in [0.1, 0.15) is 0 Å². The standard InChI is InChI=1S/C15H15N6O.3CH3.Sn/c1-20-13(11-2-4-16-5-3-11)19-12-14(20)17-10-18-15(12)21-6-8-22-9-7-21;;;;/h2-5H,6-9H2,1H3;3*1H3;. The zero-order chi connectivity index (χ0) is 18.3. The first kappa shape index (κ1) is 17.7. The number of fused-ring (bicyclic) bond motifs is 1. The van der Waals surface area contributed by atoms with Crippen molar-refractivity contribution in [1.29, 1.82) is 0 Å². The van der Waals surface area contributed by atoms with Gasteiger partial charge in [0.15, 0.2) is 0 Å². The molecule has 0 aliphatic carbocycles. The first-order valence-corrected chi connectivity index (χ1v) is 18.9. The van der Waals surface area contributed by atoms with Gasteiger partial charge in [0.25, 0.3) is 0 Å². The van der Waals surface area contributed by atoms with E-state index in [1.54, 1.807) is 12.4 Å². The van der Waals surface area contributed by atoms with Crippen molar-refractivity contribution in [3.63, 3.8) is 0 Å². The van der Waals surface area contributed by atoms with Crippen LogP contribution in [-0.2, 0) is 11.8 Å². The molecule has 0 aromatic carbocycles. The summed E-state index contributed by atoms with van der Waals surface area (Å²) in [5.74, 6) is 1.85. The Morgan fingerprint density at radius 2 is 1.69 bits per heavy atom. The van der Waals surface area contributed by atoms with Gasteiger partial charge in [0, 0.05) is 0 Å². The van der Waals surface area contributed by atoms with Crippen molar-refractivity contribution in [2.45, 2.75) is 14.8 Å². The summed E-state index contributed by atoms with van der Waals surface area (Å²) in [6, 6.07) is 3.96. The quantitative estimate of drug-likeness (QED) is 0.557. The SMILES string of the molecule is Cn1c(-c2ccncc2)nc2c(N3CCOCC3)n[c]([Sn]([CH3])([CH3])[CH3])nc21. The molecule has 26 heavy (non-hydrogen) atoms. The molecule has 0 radical (unpaired) electrons. The Hall–Kier alpha value is -1.74. The van der Waals surface area contributed by atoms with Crippen LogP contribution in [0.5, 0.6) is 0 Å². The molecule has 1 aliphatic rings. The molecular formula is C18H24N6OSn. The summed E-state index contributed by atoms with van der Waals surface area (Å²) in [7, 11) is 2.03. The van der Waals surface area contributed by atoms with E-state index in [-0.39, 0.29) is 0 Å². The van der Waals surface area contributed by atoms with Crippen LogP contribution in [0.15, 0.2) is 24.5 Å². The average molecular weight is 459 g/mol. The number of ether oxygens (including phenoxy) is 1. The van der Waals surface area contributed by atoms with Gasteiger partial charge in [-0.3, -0.25) is 0 Å². The predicted octanol–water partition coefficient (Wildman–Crippen LogP) is 1.81. The van der Waals surface area contributed by atoms with Crippen molar-refractivity contribution in [2.24, 2.45) is 7.05 Å². The van der Waals surface area contributed by atoms with E-state index < -0.39 is 18.4 Å². The molecule has 8 heteroatoms. The third-order valence-corrected chi connectivity index (χ3v) is 9.09. The van der Waals surface area contributed by atoms with Gasteiger partial charge in [0.1, 0.15) is 0 Å². The van der Waals surface area contributed by atoms with Gasteiger partial charge in [-0.2, -0.15) is 0 Å². The maximum atomic E-state index is 5.52. The molecule has 136 valence electrons. The Morgan fingerprint density at radius 3 is 2.35 bits per heavy atom. The molecule has 0 unspecified atom stereocenters. The van der Waals surface area contributed by atoms with Crippen LogP contribution < -0.4 is 8.74 Å². The Morgan fingerprint density at radius 1 is 1.00 bits per heavy atom. The molecular weight excluding hydrogens is 435 g/mol. The number of imidazole rings is 1. The van der Waals surface area contributed by atoms with E-state index in [2.05, 4.69) is 29.3 Å². The molecule has 0 N–H and O–H groups in total. The van der Waals surface area contributed by atoms with Crippen LogP contribution in [0.4, 0.5) is 5.82 Å². The fraction of sp³-hybridized carbons (Fsp3) is 0.444. The summed E-state index contributed by atoms with van der Waals surface area (Å²) in [5.41, 5.74) is 2.82. The molecule has 4 rings (SSSR count). The third kappa shape index (κ3) is 3.18. The summed E-state index contributed by atoms with van der Waals surface area (Å²) in [4.78, 5) is 28.3. The molecule has 3 aromatic heterocycles. The van der Waals surface area contributed by atoms with Gasteiger partial charge in [0.05, 0.1) is 0 Å². The van der Waals surface area contributed by atoms with Gasteiger partial charge in [-0.05, 0) is 0 Å². The number of aryl methyl sites for hydroxylation is 1. The molecule has 0 amide bonds. The number of morpholine rings is 1. The van der Waals surface area contributed by atoms with E-state index in [1.807, 2.05) is 19.2 Å². The zero-order valence-corrected chi connectivity index (χ0v) is 18.6. The number of pyridine rings is 1. The molecule has 1 aliphatic heterocycles. The maximum absolute atomic E-state index is 5.52. The van der Waals surface area contributed by atoms with Gasteiger partial charge in [-0.15, -0.1) is 0 Å². The van der Waals surface area contributed by atoms with Crippen molar-refractivity contribution >= 4 is 39.2 Å². The second kappa shape index (κ2) is 6.77. The molecule has 1 fully saturated rings. The Bertz CT molecular complexity index is 928. The van der Waals surface area contributed by atoms with Crippen molar-refractivity contribution < 1.29 is 4.74 Å². The molecule has 0 bridgehead atoms. The molecule has 7 nitrogen and oxygen atoms in total. The number of hydrogen-bond acceptors (Lipinski definition) is 6. The molecule has 1 saturated heterocycles. The van der Waals surface area contributed by atoms with E-state index in [0.717, 1.165) is 58.5 Å². The van der Waals surface area contributed by atoms with Crippen LogP contribution >= 0.6 is 0 Å². The fourth-order valence-electron chi connectivity index (χ4n) is 3.14. The first-order valence-electron chi connectivity index (χ1n) is 8.93. The minimum absolute atomic E-state index is 0.726. The summed E-state index contributed by atoms with van der Waals surface area (Å²) >= 11 is -2.45. The number of aromatic nitrogens is 5. The topological polar surface area (TPSA) is 69.0 Å². The van der Waals surface area contributed by atoms with E-state index in [0.29, 0.717) is 0 Å². The molecule has 0 saturated carbocycles. The fourth-order valence-corrected chi connectivity index (χ4v) is 5.66. The Kier molecular flexibility index (Phi) is 4.60. The molecule has 4 heterocycles. The monoisotopic (exact) mass is 460 g/mol. The normalized spacial score (nSPS) is 15.6. The second-order valence-electron chi connectivity index (χ2n) is 7.62. The van der Waals surface area contributed by atoms with Crippen molar-refractivity contribution in [1.82, 2.24) is 24.5 Å². The minimum atomic E-state index is -2.45. The van der Waals surface area contributed by atoms with Crippen LogP contribution in [0.3, 0.4) is 0 Å². The van der Waals surface area contributed by atoms with Crippen molar-refractivity contribution in [3.05, 3.63) is 24.5 Å². The number of hydrogen-bond donors (Lipinski definition) is 0. The van der Waals surface area contributed by atoms with Crippen LogP contribution in [0.25, 0.3) is 22.6 Å². The van der Waals surface area contributed by atoms with E-state index in [9.17, 15) is 0 Å².